The fraction of sp³-hybridized carbons (Fsp3) is 0.769. The Kier molecular flexibility index (Phi) is 5.53. The van der Waals surface area contributed by atoms with Crippen LogP contribution in [0, 0.1) is 5.92 Å². The zero-order valence-corrected chi connectivity index (χ0v) is 11.0. The number of nitrogens with zero attached hydrogens (tertiary/aromatic N) is 2. The predicted molar refractivity (Wildman–Crippen MR) is 68.3 cm³/mol. The van der Waals surface area contributed by atoms with E-state index < -0.39 is 0 Å². The summed E-state index contributed by atoms with van der Waals surface area (Å²) >= 11 is 0. The number of rotatable bonds is 7. The van der Waals surface area contributed by atoms with Gasteiger partial charge >= 0.3 is 0 Å². The van der Waals surface area contributed by atoms with Crippen molar-refractivity contribution in [2.45, 2.75) is 59.7 Å². The molecule has 0 saturated heterocycles. The molecular formula is C13H25N3. The first-order valence-electron chi connectivity index (χ1n) is 6.32. The van der Waals surface area contributed by atoms with Crippen molar-refractivity contribution in [2.24, 2.45) is 5.92 Å². The van der Waals surface area contributed by atoms with Crippen molar-refractivity contribution in [3.05, 3.63) is 18.2 Å². The van der Waals surface area contributed by atoms with E-state index in [2.05, 4.69) is 42.6 Å². The van der Waals surface area contributed by atoms with Gasteiger partial charge in [0.25, 0.3) is 0 Å². The van der Waals surface area contributed by atoms with E-state index in [1.807, 2.05) is 12.5 Å². The highest BCUT2D eigenvalue weighted by molar-refractivity contribution is 4.98. The molecule has 0 atom stereocenters. The van der Waals surface area contributed by atoms with Crippen molar-refractivity contribution in [1.29, 1.82) is 0 Å². The van der Waals surface area contributed by atoms with E-state index in [0.29, 0.717) is 6.04 Å². The number of hydrogen-bond donors (Lipinski definition) is 1. The fourth-order valence-corrected chi connectivity index (χ4v) is 1.68. The Morgan fingerprint density at radius 2 is 2.06 bits per heavy atom. The SMILES string of the molecule is CC(C)CCCn1cncc1CNC(C)C. The first-order valence-corrected chi connectivity index (χ1v) is 6.32. The Bertz CT molecular complexity index is 289. The number of aromatic nitrogens is 2. The zero-order valence-electron chi connectivity index (χ0n) is 11.0. The van der Waals surface area contributed by atoms with Gasteiger partial charge in [0.15, 0.2) is 0 Å². The Morgan fingerprint density at radius 1 is 1.31 bits per heavy atom. The molecule has 0 aliphatic heterocycles. The van der Waals surface area contributed by atoms with Crippen LogP contribution in [0.5, 0.6) is 0 Å². The van der Waals surface area contributed by atoms with E-state index in [0.717, 1.165) is 19.0 Å². The van der Waals surface area contributed by atoms with Gasteiger partial charge in [0.05, 0.1) is 12.0 Å². The van der Waals surface area contributed by atoms with E-state index in [4.69, 9.17) is 0 Å². The summed E-state index contributed by atoms with van der Waals surface area (Å²) in [6.07, 6.45) is 6.43. The van der Waals surface area contributed by atoms with Crippen LogP contribution in [0.15, 0.2) is 12.5 Å². The van der Waals surface area contributed by atoms with Crippen LogP contribution in [0.2, 0.25) is 0 Å². The molecule has 1 aromatic heterocycles. The molecule has 92 valence electrons. The summed E-state index contributed by atoms with van der Waals surface area (Å²) in [7, 11) is 0. The number of hydrogen-bond acceptors (Lipinski definition) is 2. The molecule has 0 radical (unpaired) electrons. The molecule has 0 aliphatic carbocycles. The lowest BCUT2D eigenvalue weighted by Crippen LogP contribution is -2.23. The second-order valence-electron chi connectivity index (χ2n) is 5.15. The summed E-state index contributed by atoms with van der Waals surface area (Å²) < 4.78 is 2.26. The van der Waals surface area contributed by atoms with Crippen molar-refractivity contribution < 1.29 is 0 Å². The lowest BCUT2D eigenvalue weighted by molar-refractivity contribution is 0.494. The summed E-state index contributed by atoms with van der Waals surface area (Å²) in [5, 5.41) is 3.43. The molecule has 0 fully saturated rings. The van der Waals surface area contributed by atoms with Gasteiger partial charge in [0, 0.05) is 25.3 Å². The second-order valence-corrected chi connectivity index (χ2v) is 5.15. The van der Waals surface area contributed by atoms with Gasteiger partial charge in [-0.25, -0.2) is 4.98 Å². The highest BCUT2D eigenvalue weighted by Gasteiger charge is 2.03. The van der Waals surface area contributed by atoms with Crippen LogP contribution in [0.3, 0.4) is 0 Å². The maximum Gasteiger partial charge on any atom is 0.0948 e. The standard InChI is InChI=1S/C13H25N3/c1-11(2)6-5-7-16-10-14-8-13(16)9-15-12(3)4/h8,10-12,15H,5-7,9H2,1-4H3. The summed E-state index contributed by atoms with van der Waals surface area (Å²) in [5.74, 6) is 0.792. The van der Waals surface area contributed by atoms with E-state index in [-0.39, 0.29) is 0 Å². The topological polar surface area (TPSA) is 29.9 Å². The third-order valence-corrected chi connectivity index (χ3v) is 2.67. The Labute approximate surface area is 99.3 Å². The maximum absolute atomic E-state index is 4.22. The molecule has 0 aromatic carbocycles. The smallest absolute Gasteiger partial charge is 0.0948 e. The quantitative estimate of drug-likeness (QED) is 0.770. The first-order chi connectivity index (χ1) is 7.59. The number of nitrogens with one attached hydrogen (secondary N) is 1. The molecule has 1 N–H and O–H groups in total. The molecule has 0 spiro atoms. The molecule has 0 amide bonds. The summed E-state index contributed by atoms with van der Waals surface area (Å²) in [4.78, 5) is 4.22. The largest absolute Gasteiger partial charge is 0.333 e. The minimum atomic E-state index is 0.527. The van der Waals surface area contributed by atoms with Gasteiger partial charge < -0.3 is 9.88 Å². The van der Waals surface area contributed by atoms with E-state index in [9.17, 15) is 0 Å². The van der Waals surface area contributed by atoms with Crippen molar-refractivity contribution in [3.8, 4) is 0 Å². The van der Waals surface area contributed by atoms with Gasteiger partial charge in [-0.05, 0) is 18.8 Å². The highest BCUT2D eigenvalue weighted by Crippen LogP contribution is 2.07. The lowest BCUT2D eigenvalue weighted by atomic mass is 10.1. The van der Waals surface area contributed by atoms with Crippen LogP contribution in [0.4, 0.5) is 0 Å². The van der Waals surface area contributed by atoms with Gasteiger partial charge in [-0.2, -0.15) is 0 Å². The van der Waals surface area contributed by atoms with Gasteiger partial charge in [0.2, 0.25) is 0 Å². The van der Waals surface area contributed by atoms with Crippen molar-refractivity contribution in [2.75, 3.05) is 0 Å². The summed E-state index contributed by atoms with van der Waals surface area (Å²) in [6.45, 7) is 10.9. The predicted octanol–water partition coefficient (Wildman–Crippen LogP) is 2.82. The van der Waals surface area contributed by atoms with Crippen LogP contribution in [-0.4, -0.2) is 15.6 Å². The van der Waals surface area contributed by atoms with E-state index in [1.54, 1.807) is 0 Å². The van der Waals surface area contributed by atoms with Crippen molar-refractivity contribution >= 4 is 0 Å². The second kappa shape index (κ2) is 6.69. The Balaban J connectivity index is 2.38. The van der Waals surface area contributed by atoms with Crippen LogP contribution >= 0.6 is 0 Å². The lowest BCUT2D eigenvalue weighted by Gasteiger charge is -2.11. The molecule has 1 rings (SSSR count). The monoisotopic (exact) mass is 223 g/mol. The van der Waals surface area contributed by atoms with Crippen LogP contribution in [0.1, 0.15) is 46.2 Å². The average molecular weight is 223 g/mol. The molecule has 1 aromatic rings. The van der Waals surface area contributed by atoms with Gasteiger partial charge in [0.1, 0.15) is 0 Å². The Morgan fingerprint density at radius 3 is 2.69 bits per heavy atom. The summed E-state index contributed by atoms with van der Waals surface area (Å²) in [6, 6.07) is 0.527. The minimum absolute atomic E-state index is 0.527. The molecule has 0 bridgehead atoms. The average Bonchev–Trinajstić information content (AvgIpc) is 2.62. The number of aryl methyl sites for hydroxylation is 1. The van der Waals surface area contributed by atoms with Gasteiger partial charge in [-0.3, -0.25) is 0 Å². The fourth-order valence-electron chi connectivity index (χ4n) is 1.68. The Hall–Kier alpha value is -0.830. The minimum Gasteiger partial charge on any atom is -0.333 e. The molecule has 3 heteroatoms. The molecule has 0 aliphatic rings. The molecular weight excluding hydrogens is 198 g/mol. The van der Waals surface area contributed by atoms with Crippen molar-refractivity contribution in [3.63, 3.8) is 0 Å². The van der Waals surface area contributed by atoms with Gasteiger partial charge in [-0.15, -0.1) is 0 Å². The third-order valence-electron chi connectivity index (χ3n) is 2.67. The van der Waals surface area contributed by atoms with Crippen LogP contribution < -0.4 is 5.32 Å². The van der Waals surface area contributed by atoms with Gasteiger partial charge in [-0.1, -0.05) is 27.7 Å². The highest BCUT2D eigenvalue weighted by atomic mass is 15.1. The van der Waals surface area contributed by atoms with E-state index in [1.165, 1.54) is 18.5 Å². The first kappa shape index (κ1) is 13.2. The van der Waals surface area contributed by atoms with Crippen LogP contribution in [-0.2, 0) is 13.1 Å². The summed E-state index contributed by atoms with van der Waals surface area (Å²) in [5.41, 5.74) is 1.29. The molecule has 16 heavy (non-hydrogen) atoms. The maximum atomic E-state index is 4.22. The normalized spacial score (nSPS) is 11.6. The zero-order chi connectivity index (χ0) is 12.0. The molecule has 0 saturated carbocycles. The van der Waals surface area contributed by atoms with E-state index >= 15 is 0 Å². The third kappa shape index (κ3) is 4.79. The van der Waals surface area contributed by atoms with Crippen molar-refractivity contribution in [1.82, 2.24) is 14.9 Å². The number of imidazole rings is 1. The molecule has 1 heterocycles. The van der Waals surface area contributed by atoms with Crippen LogP contribution in [0.25, 0.3) is 0 Å². The molecule has 0 unspecified atom stereocenters. The molecule has 3 nitrogen and oxygen atoms in total.